The van der Waals surface area contributed by atoms with Crippen molar-refractivity contribution in [3.63, 3.8) is 0 Å². The van der Waals surface area contributed by atoms with E-state index in [1.165, 1.54) is 4.90 Å². The lowest BCUT2D eigenvalue weighted by atomic mass is 10.1. The van der Waals surface area contributed by atoms with Gasteiger partial charge in [-0.25, -0.2) is 8.42 Å². The Balaban J connectivity index is 2.44. The quantitative estimate of drug-likeness (QED) is 0.605. The Hall–Kier alpha value is -2.87. The topological polar surface area (TPSA) is 86.8 Å². The molecule has 2 aromatic rings. The number of nitrogens with zero attached hydrogens (tertiary/aromatic N) is 2. The van der Waals surface area contributed by atoms with Gasteiger partial charge in [0, 0.05) is 12.6 Å². The van der Waals surface area contributed by atoms with Crippen LogP contribution in [0.3, 0.4) is 0 Å². The molecule has 0 saturated heterocycles. The van der Waals surface area contributed by atoms with Gasteiger partial charge in [0.25, 0.3) is 0 Å². The Bertz CT molecular complexity index is 1090. The maximum Gasteiger partial charge on any atom is 0.244 e. The van der Waals surface area contributed by atoms with E-state index in [1.54, 1.807) is 19.1 Å². The predicted octanol–water partition coefficient (Wildman–Crippen LogP) is 3.32. The lowest BCUT2D eigenvalue weighted by Gasteiger charge is -2.32. The second kappa shape index (κ2) is 10.8. The van der Waals surface area contributed by atoms with Crippen LogP contribution in [-0.2, 0) is 26.2 Å². The van der Waals surface area contributed by atoms with Gasteiger partial charge in [0.1, 0.15) is 12.6 Å². The molecule has 0 aliphatic carbocycles. The third kappa shape index (κ3) is 7.32. The van der Waals surface area contributed by atoms with E-state index in [-0.39, 0.29) is 18.5 Å². The van der Waals surface area contributed by atoms with Gasteiger partial charge in [0.05, 0.1) is 11.9 Å². The predicted molar refractivity (Wildman–Crippen MR) is 133 cm³/mol. The zero-order chi connectivity index (χ0) is 24.9. The number of hydrogen-bond donors (Lipinski definition) is 1. The summed E-state index contributed by atoms with van der Waals surface area (Å²) in [4.78, 5) is 27.8. The minimum Gasteiger partial charge on any atom is -0.352 e. The van der Waals surface area contributed by atoms with E-state index in [4.69, 9.17) is 0 Å². The molecule has 2 rings (SSSR count). The number of sulfonamides is 1. The van der Waals surface area contributed by atoms with E-state index in [9.17, 15) is 18.0 Å². The fraction of sp³-hybridized carbons (Fsp3) is 0.440. The van der Waals surface area contributed by atoms with Gasteiger partial charge in [-0.2, -0.15) is 0 Å². The summed E-state index contributed by atoms with van der Waals surface area (Å²) in [5.74, 6) is -0.738. The van der Waals surface area contributed by atoms with Crippen molar-refractivity contribution in [3.05, 3.63) is 64.7 Å². The summed E-state index contributed by atoms with van der Waals surface area (Å²) in [6.45, 7) is 10.9. The average Bonchev–Trinajstić information content (AvgIpc) is 2.68. The third-order valence-corrected chi connectivity index (χ3v) is 6.51. The van der Waals surface area contributed by atoms with Crippen molar-refractivity contribution >= 4 is 27.5 Å². The molecule has 0 spiro atoms. The van der Waals surface area contributed by atoms with Gasteiger partial charge in [0.15, 0.2) is 0 Å². The number of rotatable bonds is 9. The number of carbonyl (C=O) groups is 2. The minimum atomic E-state index is -3.74. The Kier molecular flexibility index (Phi) is 8.66. The highest BCUT2D eigenvalue weighted by atomic mass is 32.2. The summed E-state index contributed by atoms with van der Waals surface area (Å²) in [5.41, 5.74) is 4.10. The molecule has 0 saturated carbocycles. The van der Waals surface area contributed by atoms with Crippen molar-refractivity contribution in [1.82, 2.24) is 10.2 Å². The number of aryl methyl sites for hydroxylation is 3. The normalized spacial score (nSPS) is 12.4. The lowest BCUT2D eigenvalue weighted by molar-refractivity contribution is -0.139. The molecule has 0 aliphatic rings. The molecular weight excluding hydrogens is 438 g/mol. The van der Waals surface area contributed by atoms with Crippen molar-refractivity contribution in [1.29, 1.82) is 0 Å². The summed E-state index contributed by atoms with van der Waals surface area (Å²) in [5, 5.41) is 2.84. The highest BCUT2D eigenvalue weighted by Gasteiger charge is 2.30. The molecule has 7 nitrogen and oxygen atoms in total. The van der Waals surface area contributed by atoms with Crippen LogP contribution < -0.4 is 9.62 Å². The maximum atomic E-state index is 13.5. The van der Waals surface area contributed by atoms with Gasteiger partial charge >= 0.3 is 0 Å². The Morgan fingerprint density at radius 2 is 1.55 bits per heavy atom. The first-order chi connectivity index (χ1) is 15.3. The Morgan fingerprint density at radius 1 is 0.970 bits per heavy atom. The summed E-state index contributed by atoms with van der Waals surface area (Å²) < 4.78 is 26.4. The first-order valence-corrected chi connectivity index (χ1v) is 12.8. The van der Waals surface area contributed by atoms with Crippen LogP contribution in [-0.4, -0.2) is 50.0 Å². The molecular formula is C25H35N3O4S. The highest BCUT2D eigenvalue weighted by Crippen LogP contribution is 2.22. The zero-order valence-electron chi connectivity index (χ0n) is 20.5. The molecule has 33 heavy (non-hydrogen) atoms. The smallest absolute Gasteiger partial charge is 0.244 e. The SMILES string of the molecule is Cc1cc(C)cc(N(CC(=O)N(Cc2ccccc2C)C(C)C(=O)NC(C)C)S(C)(=O)=O)c1. The van der Waals surface area contributed by atoms with Gasteiger partial charge < -0.3 is 10.2 Å². The number of carbonyl (C=O) groups excluding carboxylic acids is 2. The third-order valence-electron chi connectivity index (χ3n) is 5.37. The molecule has 0 aliphatic heterocycles. The van der Waals surface area contributed by atoms with E-state index in [0.29, 0.717) is 5.69 Å². The number of hydrogen-bond acceptors (Lipinski definition) is 4. The lowest BCUT2D eigenvalue weighted by Crippen LogP contribution is -2.52. The monoisotopic (exact) mass is 473 g/mol. The van der Waals surface area contributed by atoms with Crippen LogP contribution in [0.1, 0.15) is 43.0 Å². The van der Waals surface area contributed by atoms with Crippen molar-refractivity contribution in [2.75, 3.05) is 17.1 Å². The minimum absolute atomic E-state index is 0.0850. The number of anilines is 1. The molecule has 1 N–H and O–H groups in total. The molecule has 2 aromatic carbocycles. The Morgan fingerprint density at radius 3 is 2.06 bits per heavy atom. The fourth-order valence-corrected chi connectivity index (χ4v) is 4.50. The molecule has 8 heteroatoms. The largest absolute Gasteiger partial charge is 0.352 e. The summed E-state index contributed by atoms with van der Waals surface area (Å²) in [7, 11) is -3.74. The first-order valence-electron chi connectivity index (χ1n) is 11.0. The molecule has 0 heterocycles. The van der Waals surface area contributed by atoms with Crippen LogP contribution in [0.2, 0.25) is 0 Å². The van der Waals surface area contributed by atoms with E-state index in [1.807, 2.05) is 65.0 Å². The Labute approximate surface area is 197 Å². The van der Waals surface area contributed by atoms with Crippen molar-refractivity contribution in [2.45, 2.75) is 60.2 Å². The summed E-state index contributed by atoms with van der Waals surface area (Å²) in [6, 6.07) is 12.2. The van der Waals surface area contributed by atoms with Crippen LogP contribution >= 0.6 is 0 Å². The maximum absolute atomic E-state index is 13.5. The van der Waals surface area contributed by atoms with E-state index >= 15 is 0 Å². The molecule has 1 unspecified atom stereocenters. The molecule has 0 fully saturated rings. The molecule has 0 bridgehead atoms. The summed E-state index contributed by atoms with van der Waals surface area (Å²) >= 11 is 0. The second-order valence-corrected chi connectivity index (χ2v) is 10.8. The van der Waals surface area contributed by atoms with Gasteiger partial charge in [-0.05, 0) is 75.9 Å². The van der Waals surface area contributed by atoms with Crippen LogP contribution in [0, 0.1) is 20.8 Å². The average molecular weight is 474 g/mol. The van der Waals surface area contributed by atoms with Crippen LogP contribution in [0.25, 0.3) is 0 Å². The first kappa shape index (κ1) is 26.4. The standard InChI is InChI=1S/C25H35N3O4S/c1-17(2)26-25(30)21(6)27(15-22-11-9-8-10-20(22)5)24(29)16-28(33(7,31)32)23-13-18(3)12-19(4)14-23/h8-14,17,21H,15-16H2,1-7H3,(H,26,30). The van der Waals surface area contributed by atoms with Crippen molar-refractivity contribution in [3.8, 4) is 0 Å². The molecule has 2 amide bonds. The molecule has 0 aromatic heterocycles. The van der Waals surface area contributed by atoms with Gasteiger partial charge in [-0.3, -0.25) is 13.9 Å². The van der Waals surface area contributed by atoms with Crippen LogP contribution in [0.15, 0.2) is 42.5 Å². The number of nitrogens with one attached hydrogen (secondary N) is 1. The molecule has 1 atom stereocenters. The highest BCUT2D eigenvalue weighted by molar-refractivity contribution is 7.92. The van der Waals surface area contributed by atoms with Gasteiger partial charge in [-0.1, -0.05) is 30.3 Å². The second-order valence-electron chi connectivity index (χ2n) is 8.90. The van der Waals surface area contributed by atoms with Gasteiger partial charge in [0.2, 0.25) is 21.8 Å². The van der Waals surface area contributed by atoms with Crippen LogP contribution in [0.5, 0.6) is 0 Å². The van der Waals surface area contributed by atoms with Crippen molar-refractivity contribution in [2.24, 2.45) is 0 Å². The van der Waals surface area contributed by atoms with Gasteiger partial charge in [-0.15, -0.1) is 0 Å². The van der Waals surface area contributed by atoms with Crippen LogP contribution in [0.4, 0.5) is 5.69 Å². The zero-order valence-corrected chi connectivity index (χ0v) is 21.4. The molecule has 180 valence electrons. The summed E-state index contributed by atoms with van der Waals surface area (Å²) in [6.07, 6.45) is 1.08. The van der Waals surface area contributed by atoms with E-state index in [0.717, 1.165) is 32.8 Å². The number of benzene rings is 2. The van der Waals surface area contributed by atoms with Crippen molar-refractivity contribution < 1.29 is 18.0 Å². The molecule has 0 radical (unpaired) electrons. The fourth-order valence-electron chi connectivity index (χ4n) is 3.67. The number of amides is 2. The van der Waals surface area contributed by atoms with E-state index in [2.05, 4.69) is 5.32 Å². The van der Waals surface area contributed by atoms with E-state index < -0.39 is 28.5 Å².